The van der Waals surface area contributed by atoms with Crippen molar-refractivity contribution in [3.05, 3.63) is 53.0 Å². The molecule has 3 aromatic rings. The average Bonchev–Trinajstić information content (AvgIpc) is 3.11. The van der Waals surface area contributed by atoms with Crippen LogP contribution in [0.4, 0.5) is 13.2 Å². The predicted molar refractivity (Wildman–Crippen MR) is 101 cm³/mol. The molecule has 2 heterocycles. The molecule has 1 aliphatic rings. The first-order chi connectivity index (χ1) is 13.7. The van der Waals surface area contributed by atoms with E-state index < -0.39 is 22.7 Å². The van der Waals surface area contributed by atoms with Crippen LogP contribution in [-0.4, -0.2) is 36.1 Å². The summed E-state index contributed by atoms with van der Waals surface area (Å²) in [5, 5.41) is 7.70. The lowest BCUT2D eigenvalue weighted by Gasteiger charge is -2.13. The Morgan fingerprint density at radius 2 is 2.00 bits per heavy atom. The third kappa shape index (κ3) is 3.73. The van der Waals surface area contributed by atoms with E-state index in [-0.39, 0.29) is 29.3 Å². The minimum atomic E-state index is -4.60. The van der Waals surface area contributed by atoms with E-state index in [2.05, 4.69) is 15.2 Å². The summed E-state index contributed by atoms with van der Waals surface area (Å²) in [4.78, 5) is 4.43. The topological polar surface area (TPSA) is 73.8 Å². The van der Waals surface area contributed by atoms with E-state index in [9.17, 15) is 17.4 Å². The van der Waals surface area contributed by atoms with Crippen LogP contribution in [0.2, 0.25) is 0 Å². The number of nitrogens with zero attached hydrogens (tertiary/aromatic N) is 4. The first-order valence-electron chi connectivity index (χ1n) is 9.06. The van der Waals surface area contributed by atoms with Gasteiger partial charge in [0.2, 0.25) is 0 Å². The van der Waals surface area contributed by atoms with E-state index >= 15 is 0 Å². The molecule has 1 saturated carbocycles. The molecule has 29 heavy (non-hydrogen) atoms. The zero-order chi connectivity index (χ0) is 20.8. The number of halogens is 3. The zero-order valence-corrected chi connectivity index (χ0v) is 16.7. The largest absolute Gasteiger partial charge is 0.435 e. The maximum atomic E-state index is 13.2. The van der Waals surface area contributed by atoms with Crippen molar-refractivity contribution in [2.24, 2.45) is 0 Å². The normalized spacial score (nSPS) is 16.7. The van der Waals surface area contributed by atoms with Crippen molar-refractivity contribution in [3.63, 3.8) is 0 Å². The Hall–Kier alpha value is -2.49. The summed E-state index contributed by atoms with van der Waals surface area (Å²) in [5.74, 6) is 0.604. The van der Waals surface area contributed by atoms with Crippen LogP contribution in [-0.2, 0) is 28.9 Å². The van der Waals surface area contributed by atoms with Gasteiger partial charge >= 0.3 is 6.18 Å². The quantitative estimate of drug-likeness (QED) is 0.603. The highest BCUT2D eigenvalue weighted by atomic mass is 32.2. The molecule has 1 aliphatic carbocycles. The number of aryl methyl sites for hydroxylation is 2. The van der Waals surface area contributed by atoms with Crippen molar-refractivity contribution in [2.75, 3.05) is 12.0 Å². The molecule has 0 spiro atoms. The molecule has 2 aromatic heterocycles. The second-order valence-corrected chi connectivity index (χ2v) is 8.79. The van der Waals surface area contributed by atoms with E-state index in [4.69, 9.17) is 4.52 Å². The molecule has 0 amide bonds. The molecule has 0 saturated heterocycles. The monoisotopic (exact) mass is 424 g/mol. The number of aromatic nitrogens is 4. The molecule has 0 bridgehead atoms. The first-order valence-corrected chi connectivity index (χ1v) is 10.8. The van der Waals surface area contributed by atoms with Crippen molar-refractivity contribution in [1.82, 2.24) is 19.9 Å². The highest BCUT2D eigenvalue weighted by Crippen LogP contribution is 2.53. The van der Waals surface area contributed by atoms with Crippen LogP contribution in [0.5, 0.6) is 0 Å². The van der Waals surface area contributed by atoms with E-state index in [1.165, 1.54) is 6.26 Å². The summed E-state index contributed by atoms with van der Waals surface area (Å²) >= 11 is 0. The van der Waals surface area contributed by atoms with Gasteiger partial charge in [-0.05, 0) is 30.9 Å². The summed E-state index contributed by atoms with van der Waals surface area (Å²) in [7, 11) is -1.18. The predicted octanol–water partition coefficient (Wildman–Crippen LogP) is 3.72. The highest BCUT2D eigenvalue weighted by molar-refractivity contribution is 7.84. The van der Waals surface area contributed by atoms with Gasteiger partial charge in [-0.1, -0.05) is 29.4 Å². The smallest absolute Gasteiger partial charge is 0.332 e. The van der Waals surface area contributed by atoms with Gasteiger partial charge in [-0.3, -0.25) is 8.89 Å². The average molecular weight is 424 g/mol. The van der Waals surface area contributed by atoms with Gasteiger partial charge in [0.15, 0.2) is 11.5 Å². The van der Waals surface area contributed by atoms with E-state index in [0.717, 1.165) is 34.7 Å². The Balaban J connectivity index is 1.72. The number of rotatable bonds is 6. The zero-order valence-electron chi connectivity index (χ0n) is 15.9. The van der Waals surface area contributed by atoms with Crippen molar-refractivity contribution in [2.45, 2.75) is 37.9 Å². The van der Waals surface area contributed by atoms with Crippen molar-refractivity contribution >= 4 is 10.8 Å². The molecule has 10 heteroatoms. The van der Waals surface area contributed by atoms with Gasteiger partial charge < -0.3 is 4.52 Å². The van der Waals surface area contributed by atoms with Gasteiger partial charge in [0.05, 0.1) is 12.0 Å². The Kier molecular flexibility index (Phi) is 4.84. The lowest BCUT2D eigenvalue weighted by Crippen LogP contribution is -2.13. The summed E-state index contributed by atoms with van der Waals surface area (Å²) in [6, 6.07) is 8.81. The second-order valence-electron chi connectivity index (χ2n) is 7.23. The van der Waals surface area contributed by atoms with Crippen LogP contribution < -0.4 is 0 Å². The Morgan fingerprint density at radius 1 is 1.28 bits per heavy atom. The number of hydrogen-bond donors (Lipinski definition) is 0. The van der Waals surface area contributed by atoms with Gasteiger partial charge in [-0.2, -0.15) is 23.3 Å². The Labute approximate surface area is 167 Å². The fourth-order valence-electron chi connectivity index (χ4n) is 3.48. The molecule has 0 aliphatic heterocycles. The molecule has 6 nitrogen and oxygen atoms in total. The molecular weight excluding hydrogens is 405 g/mol. The second kappa shape index (κ2) is 7.08. The molecule has 154 valence electrons. The summed E-state index contributed by atoms with van der Waals surface area (Å²) in [5.41, 5.74) is 0.857. The van der Waals surface area contributed by atoms with Crippen LogP contribution >= 0.6 is 0 Å². The van der Waals surface area contributed by atoms with Gasteiger partial charge in [0, 0.05) is 28.9 Å². The van der Waals surface area contributed by atoms with Gasteiger partial charge in [0.1, 0.15) is 5.69 Å². The molecule has 1 fully saturated rings. The Morgan fingerprint density at radius 3 is 2.62 bits per heavy atom. The number of alkyl halides is 3. The third-order valence-electron chi connectivity index (χ3n) is 5.14. The maximum Gasteiger partial charge on any atom is 0.435 e. The highest BCUT2D eigenvalue weighted by Gasteiger charge is 2.50. The van der Waals surface area contributed by atoms with Gasteiger partial charge in [0.25, 0.3) is 5.89 Å². The fourth-order valence-corrected chi connectivity index (χ4v) is 3.91. The SMILES string of the molecule is Cc1ccccc1C1(c2noc(-c3cc(C(F)(F)F)nn3CCS(C)=O)n2)CC1. The minimum absolute atomic E-state index is 0.0234. The molecule has 1 aromatic carbocycles. The molecular formula is C19H19F3N4O2S. The molecule has 4 rings (SSSR count). The summed E-state index contributed by atoms with van der Waals surface area (Å²) < 4.78 is 57.4. The van der Waals surface area contributed by atoms with Crippen molar-refractivity contribution in [3.8, 4) is 11.6 Å². The van der Waals surface area contributed by atoms with Crippen LogP contribution in [0.15, 0.2) is 34.9 Å². The standard InChI is InChI=1S/C19H19F3N4O2S/c1-12-5-3-4-6-13(12)18(7-8-18)17-23-16(28-25-17)14-11-15(19(20,21)22)24-26(14)9-10-29(2)27/h3-6,11H,7-10H2,1-2H3. The molecule has 0 N–H and O–H groups in total. The molecule has 0 radical (unpaired) electrons. The van der Waals surface area contributed by atoms with E-state index in [1.54, 1.807) is 0 Å². The van der Waals surface area contributed by atoms with Crippen LogP contribution in [0.3, 0.4) is 0 Å². The molecule has 1 unspecified atom stereocenters. The fraction of sp³-hybridized carbons (Fsp3) is 0.421. The van der Waals surface area contributed by atoms with E-state index in [0.29, 0.717) is 5.82 Å². The number of benzene rings is 1. The summed E-state index contributed by atoms with van der Waals surface area (Å²) in [6.07, 6.45) is -1.43. The van der Waals surface area contributed by atoms with Gasteiger partial charge in [-0.15, -0.1) is 0 Å². The summed E-state index contributed by atoms with van der Waals surface area (Å²) in [6.45, 7) is 2.06. The van der Waals surface area contributed by atoms with Crippen molar-refractivity contribution < 1.29 is 21.9 Å². The lowest BCUT2D eigenvalue weighted by molar-refractivity contribution is -0.141. The molecule has 1 atom stereocenters. The minimum Gasteiger partial charge on any atom is -0.332 e. The maximum absolute atomic E-state index is 13.2. The van der Waals surface area contributed by atoms with Crippen LogP contribution in [0.25, 0.3) is 11.6 Å². The third-order valence-corrected chi connectivity index (χ3v) is 5.90. The Bertz CT molecular complexity index is 1070. The van der Waals surface area contributed by atoms with Crippen LogP contribution in [0.1, 0.15) is 35.5 Å². The lowest BCUT2D eigenvalue weighted by atomic mass is 9.91. The van der Waals surface area contributed by atoms with Crippen molar-refractivity contribution in [1.29, 1.82) is 0 Å². The number of hydrogen-bond acceptors (Lipinski definition) is 5. The van der Waals surface area contributed by atoms with Gasteiger partial charge in [-0.25, -0.2) is 0 Å². The first kappa shape index (κ1) is 19.8. The van der Waals surface area contributed by atoms with Crippen LogP contribution in [0, 0.1) is 6.92 Å². The van der Waals surface area contributed by atoms with E-state index in [1.807, 2.05) is 31.2 Å².